The van der Waals surface area contributed by atoms with E-state index in [9.17, 15) is 46.8 Å². The third kappa shape index (κ3) is 13.1. The van der Waals surface area contributed by atoms with Gasteiger partial charge in [-0.05, 0) is 51.0 Å². The number of aliphatic hydroxyl groups is 1. The number of likely N-dealkylation sites (tertiary alicyclic amines) is 1. The monoisotopic (exact) mass is 804 g/mol. The molecule has 1 aliphatic rings. The van der Waals surface area contributed by atoms with Crippen molar-refractivity contribution in [1.29, 1.82) is 0 Å². The number of benzene rings is 1. The second-order valence-corrected chi connectivity index (χ2v) is 16.9. The highest BCUT2D eigenvalue weighted by Crippen LogP contribution is 2.24. The van der Waals surface area contributed by atoms with Crippen LogP contribution in [0.1, 0.15) is 72.1 Å². The number of rotatable bonds is 20. The number of primary amides is 1. The standard InChI is InChI=1S/C37H56N8O10S/c1-22(2)15-27(41-36(52)30-13-10-14-44(30)24(4)47)33(49)40-28(16-26-18-39-21-45(26)37(5,6)17-25-11-8-7-9-12-25)34(50)42-29(19-46)35(51)43-31(32(38)48)23(3)20-56(53,54)55/h7-9,11-12,18,21-23,27-31,46H,10,13-17,19-20H2,1-6H3,(H2,38,48)(H,40,49)(H,41,52)(H,42,50)(H,43,51)(H,53,54,55). The third-order valence-electron chi connectivity index (χ3n) is 9.66. The van der Waals surface area contributed by atoms with E-state index < -0.39 is 93.7 Å². The summed E-state index contributed by atoms with van der Waals surface area (Å²) in [4.78, 5) is 85.0. The van der Waals surface area contributed by atoms with E-state index in [0.29, 0.717) is 31.5 Å². The Hall–Kier alpha value is -4.88. The molecule has 1 aromatic heterocycles. The van der Waals surface area contributed by atoms with Gasteiger partial charge in [-0.25, -0.2) is 4.98 Å². The van der Waals surface area contributed by atoms with Crippen LogP contribution in [0.3, 0.4) is 0 Å². The van der Waals surface area contributed by atoms with Crippen LogP contribution >= 0.6 is 0 Å². The quantitative estimate of drug-likeness (QED) is 0.0831. The fraction of sp³-hybridized carbons (Fsp3) is 0.595. The molecule has 0 radical (unpaired) electrons. The van der Waals surface area contributed by atoms with E-state index in [0.717, 1.165) is 5.56 Å². The maximum atomic E-state index is 14.1. The molecule has 18 nitrogen and oxygen atoms in total. The van der Waals surface area contributed by atoms with Gasteiger partial charge in [0.25, 0.3) is 10.1 Å². The predicted molar refractivity (Wildman–Crippen MR) is 205 cm³/mol. The number of hydrogen-bond donors (Lipinski definition) is 7. The molecule has 0 aliphatic carbocycles. The fourth-order valence-electron chi connectivity index (χ4n) is 6.92. The average Bonchev–Trinajstić information content (AvgIpc) is 3.79. The molecule has 0 saturated carbocycles. The van der Waals surface area contributed by atoms with Crippen molar-refractivity contribution in [3.63, 3.8) is 0 Å². The van der Waals surface area contributed by atoms with Crippen LogP contribution in [0.15, 0.2) is 42.9 Å². The average molecular weight is 805 g/mol. The van der Waals surface area contributed by atoms with Crippen LogP contribution in [0.25, 0.3) is 0 Å². The van der Waals surface area contributed by atoms with E-state index in [4.69, 9.17) is 5.73 Å². The van der Waals surface area contributed by atoms with Crippen LogP contribution in [0.4, 0.5) is 0 Å². The molecule has 19 heteroatoms. The van der Waals surface area contributed by atoms with Gasteiger partial charge in [-0.15, -0.1) is 0 Å². The SMILES string of the molecule is CC(=O)N1CCCC1C(=O)NC(CC(C)C)C(=O)NC(Cc1cncn1C(C)(C)Cc1ccccc1)C(=O)NC(CO)C(=O)NC(C(N)=O)C(C)CS(=O)(=O)O. The fourth-order valence-corrected chi connectivity index (χ4v) is 7.78. The van der Waals surface area contributed by atoms with Crippen LogP contribution in [0.5, 0.6) is 0 Å². The van der Waals surface area contributed by atoms with Crippen LogP contribution < -0.4 is 27.0 Å². The summed E-state index contributed by atoms with van der Waals surface area (Å²) in [7, 11) is -4.57. The summed E-state index contributed by atoms with van der Waals surface area (Å²) in [5.74, 6) is -6.83. The summed E-state index contributed by atoms with van der Waals surface area (Å²) in [6.45, 7) is 9.70. The molecule has 3 rings (SSSR count). The molecule has 1 saturated heterocycles. The Balaban J connectivity index is 1.94. The molecule has 1 fully saturated rings. The molecule has 0 bridgehead atoms. The Morgan fingerprint density at radius 2 is 1.55 bits per heavy atom. The number of nitrogens with two attached hydrogens (primary N) is 1. The van der Waals surface area contributed by atoms with Gasteiger partial charge in [0, 0.05) is 43.2 Å². The first kappa shape index (κ1) is 45.5. The van der Waals surface area contributed by atoms with Gasteiger partial charge in [-0.1, -0.05) is 51.1 Å². The lowest BCUT2D eigenvalue weighted by Crippen LogP contribution is -2.60. The third-order valence-corrected chi connectivity index (χ3v) is 10.6. The molecule has 2 aromatic rings. The second kappa shape index (κ2) is 19.8. The number of imidazole rings is 1. The van der Waals surface area contributed by atoms with Crippen molar-refractivity contribution < 1.29 is 46.8 Å². The molecular formula is C37H56N8O10S. The Morgan fingerprint density at radius 1 is 0.946 bits per heavy atom. The number of aliphatic hydroxyl groups excluding tert-OH is 1. The highest BCUT2D eigenvalue weighted by Gasteiger charge is 2.37. The molecular weight excluding hydrogens is 749 g/mol. The number of amides is 6. The maximum Gasteiger partial charge on any atom is 0.265 e. The zero-order valence-electron chi connectivity index (χ0n) is 32.7. The number of carbonyl (C=O) groups is 6. The van der Waals surface area contributed by atoms with Gasteiger partial charge in [0.15, 0.2) is 0 Å². The normalized spacial score (nSPS) is 17.3. The van der Waals surface area contributed by atoms with Gasteiger partial charge in [0.2, 0.25) is 35.4 Å². The first-order chi connectivity index (χ1) is 26.1. The van der Waals surface area contributed by atoms with Crippen LogP contribution in [0.2, 0.25) is 0 Å². The van der Waals surface area contributed by atoms with E-state index >= 15 is 0 Å². The summed E-state index contributed by atoms with van der Waals surface area (Å²) in [6, 6.07) is 3.09. The number of carbonyl (C=O) groups excluding carboxylic acids is 6. The smallest absolute Gasteiger partial charge is 0.265 e. The van der Waals surface area contributed by atoms with Gasteiger partial charge in [0.1, 0.15) is 30.2 Å². The van der Waals surface area contributed by atoms with E-state index in [1.54, 1.807) is 6.33 Å². The van der Waals surface area contributed by atoms with Crippen LogP contribution in [-0.2, 0) is 57.3 Å². The molecule has 0 spiro atoms. The Labute approximate surface area is 327 Å². The van der Waals surface area contributed by atoms with Crippen molar-refractivity contribution in [1.82, 2.24) is 35.7 Å². The van der Waals surface area contributed by atoms with Crippen LogP contribution in [-0.4, -0.2) is 117 Å². The highest BCUT2D eigenvalue weighted by molar-refractivity contribution is 7.85. The maximum absolute atomic E-state index is 14.1. The molecule has 310 valence electrons. The van der Waals surface area contributed by atoms with Crippen molar-refractivity contribution >= 4 is 45.6 Å². The summed E-state index contributed by atoms with van der Waals surface area (Å²) < 4.78 is 34.0. The van der Waals surface area contributed by atoms with Gasteiger partial charge in [-0.2, -0.15) is 8.42 Å². The topological polar surface area (TPSA) is 272 Å². The minimum Gasteiger partial charge on any atom is -0.394 e. The largest absolute Gasteiger partial charge is 0.394 e. The molecule has 2 heterocycles. The van der Waals surface area contributed by atoms with Crippen molar-refractivity contribution in [3.05, 3.63) is 54.1 Å². The Kier molecular flexibility index (Phi) is 16.1. The van der Waals surface area contributed by atoms with Gasteiger partial charge in [-0.3, -0.25) is 33.3 Å². The zero-order chi connectivity index (χ0) is 42.0. The number of hydrogen-bond acceptors (Lipinski definition) is 10. The van der Waals surface area contributed by atoms with Crippen molar-refractivity contribution in [3.8, 4) is 0 Å². The highest BCUT2D eigenvalue weighted by atomic mass is 32.2. The number of aromatic nitrogens is 2. The van der Waals surface area contributed by atoms with Crippen molar-refractivity contribution in [2.24, 2.45) is 17.6 Å². The summed E-state index contributed by atoms with van der Waals surface area (Å²) in [5, 5.41) is 20.3. The predicted octanol–water partition coefficient (Wildman–Crippen LogP) is -0.599. The van der Waals surface area contributed by atoms with E-state index in [-0.39, 0.29) is 24.7 Å². The van der Waals surface area contributed by atoms with Crippen LogP contribution in [0, 0.1) is 11.8 Å². The zero-order valence-corrected chi connectivity index (χ0v) is 33.5. The minimum absolute atomic E-state index is 0.0880. The first-order valence-corrected chi connectivity index (χ1v) is 20.1. The van der Waals surface area contributed by atoms with E-state index in [1.807, 2.05) is 62.6 Å². The number of nitrogens with zero attached hydrogens (tertiary/aromatic N) is 3. The summed E-state index contributed by atoms with van der Waals surface area (Å²) in [5.41, 5.74) is 6.38. The second-order valence-electron chi connectivity index (χ2n) is 15.4. The lowest BCUT2D eigenvalue weighted by Gasteiger charge is -2.31. The lowest BCUT2D eigenvalue weighted by atomic mass is 9.94. The molecule has 6 amide bonds. The number of nitrogens with one attached hydrogen (secondary N) is 4. The molecule has 8 N–H and O–H groups in total. The minimum atomic E-state index is -4.57. The van der Waals surface area contributed by atoms with E-state index in [2.05, 4.69) is 26.3 Å². The molecule has 6 atom stereocenters. The van der Waals surface area contributed by atoms with E-state index in [1.165, 1.54) is 24.9 Å². The molecule has 56 heavy (non-hydrogen) atoms. The molecule has 6 unspecified atom stereocenters. The molecule has 1 aliphatic heterocycles. The summed E-state index contributed by atoms with van der Waals surface area (Å²) in [6.07, 6.45) is 4.77. The first-order valence-electron chi connectivity index (χ1n) is 18.5. The Bertz CT molecular complexity index is 1820. The van der Waals surface area contributed by atoms with Gasteiger partial charge in [0.05, 0.1) is 18.7 Å². The lowest BCUT2D eigenvalue weighted by molar-refractivity contribution is -0.138. The van der Waals surface area contributed by atoms with Gasteiger partial charge < -0.3 is 41.6 Å². The Morgan fingerprint density at radius 3 is 2.12 bits per heavy atom. The van der Waals surface area contributed by atoms with Crippen molar-refractivity contribution in [2.45, 2.75) is 109 Å². The van der Waals surface area contributed by atoms with Crippen molar-refractivity contribution in [2.75, 3.05) is 18.9 Å². The van der Waals surface area contributed by atoms with Gasteiger partial charge >= 0.3 is 0 Å². The summed E-state index contributed by atoms with van der Waals surface area (Å²) >= 11 is 0. The molecule has 1 aromatic carbocycles.